The molecule has 0 heterocycles. The minimum Gasteiger partial charge on any atom is -0.383 e. The number of sulfonamides is 1. The van der Waals surface area contributed by atoms with Crippen molar-refractivity contribution in [3.05, 3.63) is 59.2 Å². The van der Waals surface area contributed by atoms with E-state index in [0.717, 1.165) is 16.8 Å². The summed E-state index contributed by atoms with van der Waals surface area (Å²) < 4.78 is 31.4. The molecule has 2 N–H and O–H groups in total. The number of carbonyl (C=O) groups excluding carboxylic acids is 1. The highest BCUT2D eigenvalue weighted by Crippen LogP contribution is 2.18. The van der Waals surface area contributed by atoms with E-state index in [0.29, 0.717) is 5.56 Å². The van der Waals surface area contributed by atoms with Gasteiger partial charge in [-0.2, -0.15) is 0 Å². The van der Waals surface area contributed by atoms with Gasteiger partial charge in [-0.25, -0.2) is 13.1 Å². The molecule has 6 nitrogen and oxygen atoms in total. The Bertz CT molecular complexity index is 846. The number of benzene rings is 2. The molecular weight excluding hydrogens is 340 g/mol. The Morgan fingerprint density at radius 1 is 1.08 bits per heavy atom. The van der Waals surface area contributed by atoms with Crippen LogP contribution in [0.1, 0.15) is 21.5 Å². The summed E-state index contributed by atoms with van der Waals surface area (Å²) in [6, 6.07) is 11.6. The SMILES string of the molecule is COCCNS(=O)(=O)c1ccc(C(=O)Nc2cc(C)ccc2C)cc1. The number of carbonyl (C=O) groups is 1. The first-order valence-corrected chi connectivity index (χ1v) is 9.29. The fraction of sp³-hybridized carbons (Fsp3) is 0.278. The van der Waals surface area contributed by atoms with Crippen LogP contribution in [0.3, 0.4) is 0 Å². The number of amides is 1. The number of rotatable bonds is 7. The first-order chi connectivity index (χ1) is 11.8. The molecule has 25 heavy (non-hydrogen) atoms. The Hall–Kier alpha value is -2.22. The quantitative estimate of drug-likeness (QED) is 0.741. The average Bonchev–Trinajstić information content (AvgIpc) is 2.58. The van der Waals surface area contributed by atoms with Gasteiger partial charge in [-0.05, 0) is 55.3 Å². The van der Waals surface area contributed by atoms with Crippen LogP contribution in [0.15, 0.2) is 47.4 Å². The zero-order chi connectivity index (χ0) is 18.4. The molecule has 0 spiro atoms. The van der Waals surface area contributed by atoms with E-state index >= 15 is 0 Å². The van der Waals surface area contributed by atoms with E-state index in [4.69, 9.17) is 4.74 Å². The van der Waals surface area contributed by atoms with Gasteiger partial charge in [0, 0.05) is 24.9 Å². The van der Waals surface area contributed by atoms with Crippen LogP contribution in [-0.4, -0.2) is 34.6 Å². The Labute approximate surface area is 148 Å². The first-order valence-electron chi connectivity index (χ1n) is 7.81. The maximum absolute atomic E-state index is 12.4. The summed E-state index contributed by atoms with van der Waals surface area (Å²) in [5.74, 6) is -0.287. The smallest absolute Gasteiger partial charge is 0.255 e. The Morgan fingerprint density at radius 3 is 2.40 bits per heavy atom. The van der Waals surface area contributed by atoms with Crippen molar-refractivity contribution in [3.63, 3.8) is 0 Å². The lowest BCUT2D eigenvalue weighted by Crippen LogP contribution is -2.27. The Kier molecular flexibility index (Phi) is 6.30. The number of hydrogen-bond donors (Lipinski definition) is 2. The predicted molar refractivity (Wildman–Crippen MR) is 97.4 cm³/mol. The lowest BCUT2D eigenvalue weighted by atomic mass is 10.1. The highest BCUT2D eigenvalue weighted by molar-refractivity contribution is 7.89. The Balaban J connectivity index is 2.11. The number of nitrogens with one attached hydrogen (secondary N) is 2. The van der Waals surface area contributed by atoms with Crippen molar-refractivity contribution in [1.29, 1.82) is 0 Å². The summed E-state index contributed by atoms with van der Waals surface area (Å²) >= 11 is 0. The van der Waals surface area contributed by atoms with Gasteiger partial charge < -0.3 is 10.1 Å². The molecule has 2 rings (SSSR count). The molecule has 0 bridgehead atoms. The average molecular weight is 362 g/mol. The molecule has 0 aliphatic carbocycles. The first kappa shape index (κ1) is 19.1. The second-order valence-electron chi connectivity index (χ2n) is 5.69. The van der Waals surface area contributed by atoms with Crippen LogP contribution >= 0.6 is 0 Å². The molecule has 1 amide bonds. The van der Waals surface area contributed by atoms with Crippen molar-refractivity contribution in [2.45, 2.75) is 18.7 Å². The second-order valence-corrected chi connectivity index (χ2v) is 7.45. The molecule has 0 saturated heterocycles. The number of methoxy groups -OCH3 is 1. The molecule has 0 atom stereocenters. The second kappa shape index (κ2) is 8.24. The molecule has 0 saturated carbocycles. The van der Waals surface area contributed by atoms with Crippen molar-refractivity contribution >= 4 is 21.6 Å². The normalized spacial score (nSPS) is 11.3. The summed E-state index contributed by atoms with van der Waals surface area (Å²) in [6.45, 7) is 4.34. The molecule has 134 valence electrons. The number of ether oxygens (including phenoxy) is 1. The van der Waals surface area contributed by atoms with Crippen LogP contribution < -0.4 is 10.0 Å². The molecule has 0 aliphatic heterocycles. The van der Waals surface area contributed by atoms with Gasteiger partial charge in [0.25, 0.3) is 5.91 Å². The van der Waals surface area contributed by atoms with E-state index in [1.165, 1.54) is 31.4 Å². The maximum atomic E-state index is 12.4. The predicted octanol–water partition coefficient (Wildman–Crippen LogP) is 2.48. The fourth-order valence-corrected chi connectivity index (χ4v) is 3.23. The van der Waals surface area contributed by atoms with Crippen LogP contribution in [0.4, 0.5) is 5.69 Å². The van der Waals surface area contributed by atoms with Crippen molar-refractivity contribution in [3.8, 4) is 0 Å². The van der Waals surface area contributed by atoms with E-state index in [1.807, 2.05) is 32.0 Å². The minimum absolute atomic E-state index is 0.104. The van der Waals surface area contributed by atoms with Gasteiger partial charge >= 0.3 is 0 Å². The van der Waals surface area contributed by atoms with Crippen molar-refractivity contribution in [2.24, 2.45) is 0 Å². The zero-order valence-electron chi connectivity index (χ0n) is 14.5. The van der Waals surface area contributed by atoms with Crippen molar-refractivity contribution in [2.75, 3.05) is 25.6 Å². The third-order valence-corrected chi connectivity index (χ3v) is 5.14. The molecule has 0 aliphatic rings. The van der Waals surface area contributed by atoms with Gasteiger partial charge in [-0.1, -0.05) is 12.1 Å². The van der Waals surface area contributed by atoms with Gasteiger partial charge in [-0.15, -0.1) is 0 Å². The topological polar surface area (TPSA) is 84.5 Å². The zero-order valence-corrected chi connectivity index (χ0v) is 15.3. The van der Waals surface area contributed by atoms with E-state index in [2.05, 4.69) is 10.0 Å². The molecule has 7 heteroatoms. The van der Waals surface area contributed by atoms with Gasteiger partial charge in [0.2, 0.25) is 10.0 Å². The highest BCUT2D eigenvalue weighted by Gasteiger charge is 2.15. The van der Waals surface area contributed by atoms with Gasteiger partial charge in [0.1, 0.15) is 0 Å². The summed E-state index contributed by atoms with van der Waals surface area (Å²) in [7, 11) is -2.11. The summed E-state index contributed by atoms with van der Waals surface area (Å²) in [5, 5.41) is 2.85. The van der Waals surface area contributed by atoms with Gasteiger partial charge in [0.05, 0.1) is 11.5 Å². The Morgan fingerprint density at radius 2 is 1.76 bits per heavy atom. The van der Waals surface area contributed by atoms with Crippen molar-refractivity contribution in [1.82, 2.24) is 4.72 Å². The molecule has 0 fully saturated rings. The summed E-state index contributed by atoms with van der Waals surface area (Å²) in [5.41, 5.74) is 3.13. The third kappa shape index (κ3) is 5.12. The van der Waals surface area contributed by atoms with Crippen LogP contribution in [0.25, 0.3) is 0 Å². The third-order valence-electron chi connectivity index (χ3n) is 3.67. The minimum atomic E-state index is -3.61. The van der Waals surface area contributed by atoms with E-state index in [-0.39, 0.29) is 24.0 Å². The lowest BCUT2D eigenvalue weighted by Gasteiger charge is -2.10. The van der Waals surface area contributed by atoms with E-state index < -0.39 is 10.0 Å². The number of hydrogen-bond acceptors (Lipinski definition) is 4. The molecule has 0 unspecified atom stereocenters. The maximum Gasteiger partial charge on any atom is 0.255 e. The molecule has 2 aromatic rings. The molecular formula is C18H22N2O4S. The fourth-order valence-electron chi connectivity index (χ4n) is 2.21. The van der Waals surface area contributed by atoms with E-state index in [9.17, 15) is 13.2 Å². The van der Waals surface area contributed by atoms with Gasteiger partial charge in [0.15, 0.2) is 0 Å². The number of anilines is 1. The monoisotopic (exact) mass is 362 g/mol. The summed E-state index contributed by atoms with van der Waals surface area (Å²) in [4.78, 5) is 12.5. The standard InChI is InChI=1S/C18H22N2O4S/c1-13-4-5-14(2)17(12-13)20-18(21)15-6-8-16(9-7-15)25(22,23)19-10-11-24-3/h4-9,12,19H,10-11H2,1-3H3,(H,20,21). The van der Waals surface area contributed by atoms with Crippen LogP contribution in [0.5, 0.6) is 0 Å². The molecule has 0 aromatic heterocycles. The van der Waals surface area contributed by atoms with Gasteiger partial charge in [-0.3, -0.25) is 4.79 Å². The molecule has 0 radical (unpaired) electrons. The molecule has 2 aromatic carbocycles. The highest BCUT2D eigenvalue weighted by atomic mass is 32.2. The lowest BCUT2D eigenvalue weighted by molar-refractivity contribution is 0.102. The summed E-state index contributed by atoms with van der Waals surface area (Å²) in [6.07, 6.45) is 0. The van der Waals surface area contributed by atoms with Crippen LogP contribution in [0.2, 0.25) is 0 Å². The van der Waals surface area contributed by atoms with Crippen molar-refractivity contribution < 1.29 is 17.9 Å². The van der Waals surface area contributed by atoms with Crippen LogP contribution in [-0.2, 0) is 14.8 Å². The largest absolute Gasteiger partial charge is 0.383 e. The number of aryl methyl sites for hydroxylation is 2. The van der Waals surface area contributed by atoms with Crippen LogP contribution in [0, 0.1) is 13.8 Å². The van der Waals surface area contributed by atoms with E-state index in [1.54, 1.807) is 0 Å².